The van der Waals surface area contributed by atoms with Gasteiger partial charge in [-0.2, -0.15) is 0 Å². The first kappa shape index (κ1) is 19.7. The molecule has 1 atom stereocenters. The molecule has 0 bridgehead atoms. The van der Waals surface area contributed by atoms with E-state index in [1.165, 1.54) is 31.1 Å². The Morgan fingerprint density at radius 2 is 1.96 bits per heavy atom. The summed E-state index contributed by atoms with van der Waals surface area (Å²) < 4.78 is 15.8. The molecule has 0 aliphatic carbocycles. The van der Waals surface area contributed by atoms with Gasteiger partial charge in [0.25, 0.3) is 0 Å². The van der Waals surface area contributed by atoms with Crippen molar-refractivity contribution in [3.05, 3.63) is 53.1 Å². The Balaban J connectivity index is 1.66. The molecule has 1 aliphatic heterocycles. The van der Waals surface area contributed by atoms with E-state index in [0.29, 0.717) is 22.7 Å². The van der Waals surface area contributed by atoms with Crippen molar-refractivity contribution in [2.45, 2.75) is 13.0 Å². The van der Waals surface area contributed by atoms with E-state index in [1.54, 1.807) is 30.3 Å². The lowest BCUT2D eigenvalue weighted by Gasteiger charge is -2.33. The highest BCUT2D eigenvalue weighted by molar-refractivity contribution is 6.32. The zero-order valence-electron chi connectivity index (χ0n) is 15.3. The molecule has 1 amide bonds. The van der Waals surface area contributed by atoms with Gasteiger partial charge in [0, 0.05) is 12.5 Å². The summed E-state index contributed by atoms with van der Waals surface area (Å²) in [5, 5.41) is 0.281. The smallest absolute Gasteiger partial charge is 0.349 e. The number of carbonyl (C=O) groups excluding carboxylic acids is 3. The van der Waals surface area contributed by atoms with Gasteiger partial charge in [-0.25, -0.2) is 4.79 Å². The third-order valence-electron chi connectivity index (χ3n) is 4.24. The lowest BCUT2D eigenvalue weighted by molar-refractivity contribution is -0.150. The number of benzene rings is 2. The summed E-state index contributed by atoms with van der Waals surface area (Å²) in [6.45, 7) is 0.943. The van der Waals surface area contributed by atoms with Crippen molar-refractivity contribution in [1.82, 2.24) is 0 Å². The summed E-state index contributed by atoms with van der Waals surface area (Å²) >= 11 is 6.01. The van der Waals surface area contributed by atoms with Gasteiger partial charge in [0.15, 0.2) is 12.4 Å². The first-order valence-corrected chi connectivity index (χ1v) is 8.85. The highest BCUT2D eigenvalue weighted by atomic mass is 35.5. The van der Waals surface area contributed by atoms with Crippen LogP contribution in [-0.2, 0) is 14.3 Å². The Hall–Kier alpha value is -3.06. The van der Waals surface area contributed by atoms with Crippen molar-refractivity contribution >= 4 is 34.9 Å². The average molecular weight is 404 g/mol. The Kier molecular flexibility index (Phi) is 5.84. The summed E-state index contributed by atoms with van der Waals surface area (Å²) in [4.78, 5) is 38.0. The molecule has 0 saturated carbocycles. The number of carbonyl (C=O) groups is 3. The topological polar surface area (TPSA) is 82.1 Å². The molecule has 0 N–H and O–H groups in total. The fourth-order valence-electron chi connectivity index (χ4n) is 2.81. The molecule has 0 unspecified atom stereocenters. The number of fused-ring (bicyclic) bond motifs is 1. The number of methoxy groups -OCH3 is 1. The van der Waals surface area contributed by atoms with Gasteiger partial charge in [0.05, 0.1) is 24.4 Å². The number of amides is 1. The second-order valence-electron chi connectivity index (χ2n) is 6.08. The van der Waals surface area contributed by atoms with E-state index in [1.807, 2.05) is 0 Å². The van der Waals surface area contributed by atoms with Crippen molar-refractivity contribution in [2.24, 2.45) is 0 Å². The lowest BCUT2D eigenvalue weighted by Crippen LogP contribution is -2.47. The van der Waals surface area contributed by atoms with E-state index in [4.69, 9.17) is 25.8 Å². The first-order chi connectivity index (χ1) is 13.4. The minimum Gasteiger partial charge on any atom is -0.495 e. The number of hydrogen-bond acceptors (Lipinski definition) is 6. The van der Waals surface area contributed by atoms with Crippen LogP contribution in [0.5, 0.6) is 11.5 Å². The molecule has 0 spiro atoms. The molecular weight excluding hydrogens is 386 g/mol. The molecule has 0 radical (unpaired) electrons. The zero-order chi connectivity index (χ0) is 20.3. The SMILES string of the molecule is COc1ccc(C(=O)COC(=O)[C@@H]2CN(C(C)=O)c3ccccc3O2)cc1Cl. The van der Waals surface area contributed by atoms with E-state index >= 15 is 0 Å². The van der Waals surface area contributed by atoms with Crippen LogP contribution in [0.3, 0.4) is 0 Å². The van der Waals surface area contributed by atoms with Crippen molar-refractivity contribution in [3.8, 4) is 11.5 Å². The highest BCUT2D eigenvalue weighted by Gasteiger charge is 2.33. The molecule has 1 heterocycles. The molecule has 0 saturated heterocycles. The number of rotatable bonds is 5. The van der Waals surface area contributed by atoms with E-state index < -0.39 is 24.5 Å². The number of halogens is 1. The van der Waals surface area contributed by atoms with Crippen molar-refractivity contribution in [2.75, 3.05) is 25.2 Å². The summed E-state index contributed by atoms with van der Waals surface area (Å²) in [7, 11) is 1.47. The predicted octanol–water partition coefficient (Wildman–Crippen LogP) is 2.89. The molecule has 2 aromatic rings. The quantitative estimate of drug-likeness (QED) is 0.564. The fourth-order valence-corrected chi connectivity index (χ4v) is 3.07. The number of esters is 1. The number of Topliss-reactive ketones (excluding diaryl/α,β-unsaturated/α-hetero) is 1. The molecule has 7 nitrogen and oxygen atoms in total. The second kappa shape index (κ2) is 8.31. The minimum absolute atomic E-state index is 0.00767. The van der Waals surface area contributed by atoms with Gasteiger partial charge in [0.1, 0.15) is 11.5 Å². The van der Waals surface area contributed by atoms with Gasteiger partial charge in [-0.05, 0) is 30.3 Å². The van der Waals surface area contributed by atoms with Crippen molar-refractivity contribution in [1.29, 1.82) is 0 Å². The Labute approximate surface area is 166 Å². The minimum atomic E-state index is -1.02. The van der Waals surface area contributed by atoms with Crippen LogP contribution in [0.15, 0.2) is 42.5 Å². The van der Waals surface area contributed by atoms with Crippen LogP contribution in [0.4, 0.5) is 5.69 Å². The van der Waals surface area contributed by atoms with Crippen LogP contribution >= 0.6 is 11.6 Å². The van der Waals surface area contributed by atoms with E-state index in [-0.39, 0.29) is 17.5 Å². The Morgan fingerprint density at radius 1 is 1.21 bits per heavy atom. The summed E-state index contributed by atoms with van der Waals surface area (Å²) in [6, 6.07) is 11.4. The number of hydrogen-bond donors (Lipinski definition) is 0. The lowest BCUT2D eigenvalue weighted by atomic mass is 10.1. The number of ketones is 1. The second-order valence-corrected chi connectivity index (χ2v) is 6.49. The largest absolute Gasteiger partial charge is 0.495 e. The van der Waals surface area contributed by atoms with Gasteiger partial charge in [0.2, 0.25) is 12.0 Å². The molecule has 2 aromatic carbocycles. The van der Waals surface area contributed by atoms with Crippen molar-refractivity contribution in [3.63, 3.8) is 0 Å². The molecule has 0 aromatic heterocycles. The summed E-state index contributed by atoms with van der Waals surface area (Å²) in [6.07, 6.45) is -1.02. The number of ether oxygens (including phenoxy) is 3. The monoisotopic (exact) mass is 403 g/mol. The maximum atomic E-state index is 12.4. The van der Waals surface area contributed by atoms with Crippen LogP contribution in [0.25, 0.3) is 0 Å². The first-order valence-electron chi connectivity index (χ1n) is 8.48. The van der Waals surface area contributed by atoms with Crippen LogP contribution in [0.2, 0.25) is 5.02 Å². The van der Waals surface area contributed by atoms with Crippen LogP contribution in [0.1, 0.15) is 17.3 Å². The number of para-hydroxylation sites is 2. The Bertz CT molecular complexity index is 929. The number of anilines is 1. The molecule has 3 rings (SSSR count). The van der Waals surface area contributed by atoms with Gasteiger partial charge in [-0.15, -0.1) is 0 Å². The molecule has 1 aliphatic rings. The third kappa shape index (κ3) is 4.09. The van der Waals surface area contributed by atoms with Crippen LogP contribution in [0, 0.1) is 0 Å². The van der Waals surface area contributed by atoms with Crippen LogP contribution in [-0.4, -0.2) is 44.0 Å². The standard InChI is InChI=1S/C20H18ClNO6/c1-12(23)22-10-19(28-18-6-4-3-5-15(18)22)20(25)27-11-16(24)13-7-8-17(26-2)14(21)9-13/h3-9,19H,10-11H2,1-2H3/t19-/m0/s1. The van der Waals surface area contributed by atoms with E-state index in [9.17, 15) is 14.4 Å². The maximum Gasteiger partial charge on any atom is 0.349 e. The van der Waals surface area contributed by atoms with Gasteiger partial charge < -0.3 is 19.1 Å². The molecule has 8 heteroatoms. The van der Waals surface area contributed by atoms with Gasteiger partial charge in [-0.3, -0.25) is 9.59 Å². The summed E-state index contributed by atoms with van der Waals surface area (Å²) in [5.41, 5.74) is 0.877. The highest BCUT2D eigenvalue weighted by Crippen LogP contribution is 2.33. The average Bonchev–Trinajstić information content (AvgIpc) is 2.70. The van der Waals surface area contributed by atoms with E-state index in [2.05, 4.69) is 0 Å². The van der Waals surface area contributed by atoms with E-state index in [0.717, 1.165) is 0 Å². The van der Waals surface area contributed by atoms with Crippen LogP contribution < -0.4 is 14.4 Å². The normalized spacial score (nSPS) is 15.2. The molecular formula is C20H18ClNO6. The Morgan fingerprint density at radius 3 is 2.64 bits per heavy atom. The maximum absolute atomic E-state index is 12.4. The molecule has 146 valence electrons. The molecule has 0 fully saturated rings. The third-order valence-corrected chi connectivity index (χ3v) is 4.53. The summed E-state index contributed by atoms with van der Waals surface area (Å²) in [5.74, 6) is -0.531. The molecule has 28 heavy (non-hydrogen) atoms. The van der Waals surface area contributed by atoms with Crippen molar-refractivity contribution < 1.29 is 28.6 Å². The van der Waals surface area contributed by atoms with Gasteiger partial charge >= 0.3 is 5.97 Å². The predicted molar refractivity (Wildman–Crippen MR) is 102 cm³/mol. The number of nitrogens with zero attached hydrogens (tertiary/aromatic N) is 1. The fraction of sp³-hybridized carbons (Fsp3) is 0.250. The zero-order valence-corrected chi connectivity index (χ0v) is 16.1. The van der Waals surface area contributed by atoms with Gasteiger partial charge in [-0.1, -0.05) is 23.7 Å².